The largest absolute Gasteiger partial charge is 0.493 e. The van der Waals surface area contributed by atoms with Gasteiger partial charge in [0.05, 0.1) is 30.2 Å². The smallest absolute Gasteiger partial charge is 0.166 e. The van der Waals surface area contributed by atoms with Crippen LogP contribution in [-0.4, -0.2) is 44.6 Å². The van der Waals surface area contributed by atoms with Crippen LogP contribution in [0.2, 0.25) is 0 Å². The first kappa shape index (κ1) is 21.8. The molecule has 3 aliphatic rings. The molecule has 4 heterocycles. The molecule has 1 aliphatic heterocycles. The van der Waals surface area contributed by atoms with E-state index >= 15 is 0 Å². The quantitative estimate of drug-likeness (QED) is 0.436. The van der Waals surface area contributed by atoms with Crippen LogP contribution < -0.4 is 16.2 Å². The molecule has 0 radical (unpaired) electrons. The third-order valence-electron chi connectivity index (χ3n) is 8.46. The zero-order valence-electron chi connectivity index (χ0n) is 20.6. The van der Waals surface area contributed by atoms with Crippen molar-refractivity contribution >= 4 is 33.6 Å². The summed E-state index contributed by atoms with van der Waals surface area (Å²) in [6.07, 6.45) is 6.67. The van der Waals surface area contributed by atoms with Crippen LogP contribution in [0.25, 0.3) is 21.9 Å². The molecule has 1 saturated heterocycles. The van der Waals surface area contributed by atoms with Gasteiger partial charge in [0.1, 0.15) is 23.9 Å². The van der Waals surface area contributed by atoms with Crippen LogP contribution >= 0.6 is 0 Å². The molecule has 9 heteroatoms. The highest BCUT2D eigenvalue weighted by Crippen LogP contribution is 2.73. The molecule has 4 N–H and O–H groups in total. The molecule has 0 spiro atoms. The molecule has 2 aliphatic carbocycles. The van der Waals surface area contributed by atoms with Gasteiger partial charge in [-0.1, -0.05) is 12.1 Å². The summed E-state index contributed by atoms with van der Waals surface area (Å²) in [6, 6.07) is 10.5. The van der Waals surface area contributed by atoms with Crippen LogP contribution in [0.3, 0.4) is 0 Å². The zero-order valence-corrected chi connectivity index (χ0v) is 20.6. The average Bonchev–Trinajstić information content (AvgIpc) is 3.10. The van der Waals surface area contributed by atoms with Crippen molar-refractivity contribution in [1.82, 2.24) is 19.5 Å². The third kappa shape index (κ3) is 3.05. The number of hydrogen-bond donors (Lipinski definition) is 2. The Kier molecular flexibility index (Phi) is 4.43. The summed E-state index contributed by atoms with van der Waals surface area (Å²) in [5.41, 5.74) is 15.2. The number of fused-ring (bicyclic) bond motifs is 5. The molecule has 1 aromatic carbocycles. The van der Waals surface area contributed by atoms with Crippen molar-refractivity contribution < 1.29 is 14.2 Å². The maximum Gasteiger partial charge on any atom is 0.166 e. The van der Waals surface area contributed by atoms with Crippen molar-refractivity contribution in [3.63, 3.8) is 0 Å². The molecular formula is C27H30N6O3. The molecule has 2 saturated carbocycles. The summed E-state index contributed by atoms with van der Waals surface area (Å²) in [6.45, 7) is 4.02. The maximum absolute atomic E-state index is 6.56. The van der Waals surface area contributed by atoms with Crippen LogP contribution in [-0.2, 0) is 15.9 Å². The first-order valence-corrected chi connectivity index (χ1v) is 12.5. The van der Waals surface area contributed by atoms with E-state index in [0.29, 0.717) is 23.3 Å². The lowest BCUT2D eigenvalue weighted by Crippen LogP contribution is -2.32. The molecule has 0 bridgehead atoms. The number of pyridine rings is 1. The fraction of sp³-hybridized carbons (Fsp3) is 0.444. The number of nitrogens with zero attached hydrogens (tertiary/aromatic N) is 4. The zero-order chi connectivity index (χ0) is 24.8. The van der Waals surface area contributed by atoms with E-state index in [-0.39, 0.29) is 23.7 Å². The lowest BCUT2D eigenvalue weighted by Gasteiger charge is -2.24. The summed E-state index contributed by atoms with van der Waals surface area (Å²) >= 11 is 0. The van der Waals surface area contributed by atoms with Gasteiger partial charge in [-0.3, -0.25) is 0 Å². The second kappa shape index (κ2) is 7.30. The minimum absolute atomic E-state index is 0.0314. The van der Waals surface area contributed by atoms with Gasteiger partial charge in [-0.15, -0.1) is 0 Å². The van der Waals surface area contributed by atoms with Crippen LogP contribution in [0.1, 0.15) is 38.3 Å². The average molecular weight is 487 g/mol. The van der Waals surface area contributed by atoms with Gasteiger partial charge >= 0.3 is 0 Å². The van der Waals surface area contributed by atoms with Gasteiger partial charge in [0.15, 0.2) is 17.4 Å². The van der Waals surface area contributed by atoms with Crippen LogP contribution in [0.15, 0.2) is 42.9 Å². The highest BCUT2D eigenvalue weighted by Gasteiger charge is 2.75. The van der Waals surface area contributed by atoms with Gasteiger partial charge in [-0.2, -0.15) is 0 Å². The van der Waals surface area contributed by atoms with Gasteiger partial charge < -0.3 is 30.2 Å². The fourth-order valence-corrected chi connectivity index (χ4v) is 6.77. The van der Waals surface area contributed by atoms with Crippen molar-refractivity contribution in [2.75, 3.05) is 18.6 Å². The number of hydrogen-bond acceptors (Lipinski definition) is 8. The van der Waals surface area contributed by atoms with Gasteiger partial charge in [0.2, 0.25) is 0 Å². The fourth-order valence-electron chi connectivity index (χ4n) is 6.77. The summed E-state index contributed by atoms with van der Waals surface area (Å²) in [4.78, 5) is 13.3. The lowest BCUT2D eigenvalue weighted by molar-refractivity contribution is -0.161. The van der Waals surface area contributed by atoms with Crippen LogP contribution in [0, 0.1) is 11.3 Å². The topological polar surface area (TPSA) is 123 Å². The highest BCUT2D eigenvalue weighted by molar-refractivity contribution is 5.86. The summed E-state index contributed by atoms with van der Waals surface area (Å²) in [5.74, 6) is 1.35. The molecule has 3 aromatic heterocycles. The number of anilines is 2. The number of rotatable bonds is 5. The number of nitrogen functional groups attached to an aromatic ring is 2. The first-order valence-electron chi connectivity index (χ1n) is 12.5. The number of aryl methyl sites for hydroxylation is 1. The Hall–Kier alpha value is -3.43. The monoisotopic (exact) mass is 486 g/mol. The molecular weight excluding hydrogens is 456 g/mol. The second-order valence-electron chi connectivity index (χ2n) is 10.9. The molecule has 4 aromatic rings. The Bertz CT molecular complexity index is 1520. The van der Waals surface area contributed by atoms with Gasteiger partial charge in [0, 0.05) is 17.0 Å². The first-order chi connectivity index (χ1) is 17.3. The van der Waals surface area contributed by atoms with Gasteiger partial charge in [-0.25, -0.2) is 15.0 Å². The van der Waals surface area contributed by atoms with E-state index in [1.165, 1.54) is 11.9 Å². The molecule has 0 amide bonds. The number of methoxy groups -OCH3 is 1. The Labute approximate surface area is 208 Å². The molecule has 36 heavy (non-hydrogen) atoms. The molecule has 7 rings (SSSR count). The number of aromatic nitrogens is 4. The Morgan fingerprint density at radius 2 is 1.97 bits per heavy atom. The number of nitrogens with two attached hydrogens (primary N) is 2. The third-order valence-corrected chi connectivity index (χ3v) is 8.46. The van der Waals surface area contributed by atoms with E-state index in [2.05, 4.69) is 43.9 Å². The van der Waals surface area contributed by atoms with Crippen molar-refractivity contribution in [2.45, 2.75) is 57.1 Å². The second-order valence-corrected chi connectivity index (χ2v) is 10.9. The van der Waals surface area contributed by atoms with Crippen LogP contribution in [0.4, 0.5) is 11.6 Å². The SMILES string of the molecule is COc1cc2ccc(CC[C@]34C[C@@H]3[C@@H](n3ccc5c(N)ncnc53)[C@@H]3OC(C)(C)O[C@@H]34)cc2nc1N. The Morgan fingerprint density at radius 3 is 2.81 bits per heavy atom. The van der Waals surface area contributed by atoms with E-state index in [9.17, 15) is 0 Å². The van der Waals surface area contributed by atoms with E-state index in [1.807, 2.05) is 26.0 Å². The number of ether oxygens (including phenoxy) is 3. The molecule has 186 valence electrons. The van der Waals surface area contributed by atoms with E-state index in [1.54, 1.807) is 7.11 Å². The van der Waals surface area contributed by atoms with Crippen molar-refractivity contribution in [2.24, 2.45) is 11.3 Å². The predicted octanol–water partition coefficient (Wildman–Crippen LogP) is 3.87. The van der Waals surface area contributed by atoms with Crippen molar-refractivity contribution in [3.05, 3.63) is 48.4 Å². The molecule has 9 nitrogen and oxygen atoms in total. The molecule has 3 fully saturated rings. The highest BCUT2D eigenvalue weighted by atomic mass is 16.8. The lowest BCUT2D eigenvalue weighted by atomic mass is 9.91. The van der Waals surface area contributed by atoms with E-state index in [0.717, 1.165) is 41.2 Å². The van der Waals surface area contributed by atoms with Crippen LogP contribution in [0.5, 0.6) is 5.75 Å². The minimum atomic E-state index is -0.617. The molecule has 5 atom stereocenters. The van der Waals surface area contributed by atoms with E-state index < -0.39 is 5.79 Å². The van der Waals surface area contributed by atoms with Gasteiger partial charge in [-0.05, 0) is 62.8 Å². The Morgan fingerprint density at radius 1 is 1.11 bits per heavy atom. The standard InChI is InChI=1S/C27H30N6O3/c1-26(2)35-21-20(33-9-7-16-23(28)30-13-31-25(16)33)17-12-27(17,22(21)36-26)8-6-14-4-5-15-11-19(34-3)24(29)32-18(15)10-14/h4-5,7,9-11,13,17,20-22H,6,8,12H2,1-3H3,(H2,29,32)(H2,28,30,31)/t17-,20-,21+,22+,27+/m1/s1. The predicted molar refractivity (Wildman–Crippen MR) is 136 cm³/mol. The van der Waals surface area contributed by atoms with Crippen molar-refractivity contribution in [1.29, 1.82) is 0 Å². The van der Waals surface area contributed by atoms with E-state index in [4.69, 9.17) is 25.7 Å². The Balaban J connectivity index is 1.20. The number of benzene rings is 1. The summed E-state index contributed by atoms with van der Waals surface area (Å²) in [7, 11) is 1.61. The maximum atomic E-state index is 6.56. The van der Waals surface area contributed by atoms with Gasteiger partial charge in [0.25, 0.3) is 0 Å². The normalized spacial score (nSPS) is 30.0. The minimum Gasteiger partial charge on any atom is -0.493 e. The summed E-state index contributed by atoms with van der Waals surface area (Å²) in [5, 5.41) is 1.90. The molecule has 0 unspecified atom stereocenters. The summed E-state index contributed by atoms with van der Waals surface area (Å²) < 4.78 is 20.6. The van der Waals surface area contributed by atoms with Crippen molar-refractivity contribution in [3.8, 4) is 5.75 Å².